The maximum Gasteiger partial charge on any atom is 0.191 e. The summed E-state index contributed by atoms with van der Waals surface area (Å²) >= 11 is 1.94. The Hall–Kier alpha value is -1.40. The molecule has 2 N–H and O–H groups in total. The Morgan fingerprint density at radius 2 is 2.08 bits per heavy atom. The summed E-state index contributed by atoms with van der Waals surface area (Å²) < 4.78 is 5.77. The molecule has 1 atom stereocenters. The molecule has 2 heterocycles. The van der Waals surface area contributed by atoms with Crippen molar-refractivity contribution in [1.29, 1.82) is 0 Å². The van der Waals surface area contributed by atoms with Crippen LogP contribution in [0.5, 0.6) is 0 Å². The molecule has 0 bridgehead atoms. The fourth-order valence-corrected chi connectivity index (χ4v) is 4.43. The summed E-state index contributed by atoms with van der Waals surface area (Å²) in [5.41, 5.74) is 1.31. The minimum Gasteiger partial charge on any atom is -0.381 e. The van der Waals surface area contributed by atoms with E-state index in [9.17, 15) is 0 Å². The lowest BCUT2D eigenvalue weighted by Gasteiger charge is -2.34. The Balaban J connectivity index is 1.58. The number of benzene rings is 1. The average Bonchev–Trinajstić information content (AvgIpc) is 3.16. The number of nitrogens with zero attached hydrogens (tertiary/aromatic N) is 2. The van der Waals surface area contributed by atoms with E-state index >= 15 is 0 Å². The van der Waals surface area contributed by atoms with Crippen LogP contribution in [0.2, 0.25) is 0 Å². The first kappa shape index (κ1) is 19.4. The van der Waals surface area contributed by atoms with E-state index in [4.69, 9.17) is 9.73 Å². The molecule has 2 fully saturated rings. The van der Waals surface area contributed by atoms with E-state index in [1.54, 1.807) is 0 Å². The van der Waals surface area contributed by atoms with Gasteiger partial charge in [0, 0.05) is 49.3 Å². The van der Waals surface area contributed by atoms with Gasteiger partial charge in [-0.15, -0.1) is 0 Å². The number of ether oxygens (including phenoxy) is 1. The third-order valence-electron chi connectivity index (χ3n) is 5.36. The summed E-state index contributed by atoms with van der Waals surface area (Å²) in [6.45, 7) is 7.69. The molecule has 0 radical (unpaired) electrons. The van der Waals surface area contributed by atoms with E-state index < -0.39 is 0 Å². The predicted octanol–water partition coefficient (Wildman–Crippen LogP) is 2.73. The van der Waals surface area contributed by atoms with Gasteiger partial charge in [0.1, 0.15) is 0 Å². The van der Waals surface area contributed by atoms with Crippen LogP contribution in [0.4, 0.5) is 5.69 Å². The minimum absolute atomic E-state index is 0.229. The quantitative estimate of drug-likeness (QED) is 0.591. The largest absolute Gasteiger partial charge is 0.381 e. The van der Waals surface area contributed by atoms with Gasteiger partial charge in [-0.1, -0.05) is 18.2 Å². The highest BCUT2D eigenvalue weighted by atomic mass is 32.2. The highest BCUT2D eigenvalue weighted by Crippen LogP contribution is 2.34. The summed E-state index contributed by atoms with van der Waals surface area (Å²) in [4.78, 5) is 7.39. The molecule has 1 aromatic rings. The van der Waals surface area contributed by atoms with Gasteiger partial charge in [0.25, 0.3) is 0 Å². The molecule has 2 saturated heterocycles. The molecule has 0 saturated carbocycles. The number of nitrogens with one attached hydrogen (secondary N) is 2. The van der Waals surface area contributed by atoms with Crippen LogP contribution in [0.25, 0.3) is 0 Å². The van der Waals surface area contributed by atoms with Gasteiger partial charge in [-0.05, 0) is 44.6 Å². The molecule has 1 unspecified atom stereocenters. The monoisotopic (exact) mass is 376 g/mol. The summed E-state index contributed by atoms with van der Waals surface area (Å²) in [5, 5.41) is 7.08. The Morgan fingerprint density at radius 3 is 2.77 bits per heavy atom. The first-order valence-corrected chi connectivity index (χ1v) is 10.9. The lowest BCUT2D eigenvalue weighted by atomic mass is 9.99. The highest BCUT2D eigenvalue weighted by Gasteiger charge is 2.32. The molecule has 6 heteroatoms. The number of aliphatic imine (C=N–C) groups is 1. The molecular formula is C20H32N4OS. The molecule has 5 nitrogen and oxygen atoms in total. The number of para-hydroxylation sites is 1. The van der Waals surface area contributed by atoms with Gasteiger partial charge in [-0.2, -0.15) is 11.8 Å². The Bertz CT molecular complexity index is 574. The Morgan fingerprint density at radius 1 is 1.31 bits per heavy atom. The van der Waals surface area contributed by atoms with Gasteiger partial charge in [-0.3, -0.25) is 4.99 Å². The average molecular weight is 377 g/mol. The third kappa shape index (κ3) is 5.07. The molecule has 0 spiro atoms. The molecule has 2 aliphatic rings. The van der Waals surface area contributed by atoms with Crippen molar-refractivity contribution in [2.45, 2.75) is 37.0 Å². The standard InChI is InChI=1S/C20H32N4OS/c1-3-21-19(22-16-20(26-2)10-13-25-14-11-20)23-17-9-12-24(15-17)18-7-5-4-6-8-18/h4-8,17H,3,9-16H2,1-2H3,(H2,21,22,23). The fourth-order valence-electron chi connectivity index (χ4n) is 3.66. The van der Waals surface area contributed by atoms with Crippen LogP contribution in [0.1, 0.15) is 26.2 Å². The molecule has 144 valence electrons. The first-order chi connectivity index (χ1) is 12.7. The van der Waals surface area contributed by atoms with Gasteiger partial charge in [-0.25, -0.2) is 0 Å². The van der Waals surface area contributed by atoms with Crippen molar-refractivity contribution >= 4 is 23.4 Å². The maximum atomic E-state index is 5.54. The number of thioether (sulfide) groups is 1. The molecule has 2 aliphatic heterocycles. The normalized spacial score (nSPS) is 23.1. The number of hydrogen-bond donors (Lipinski definition) is 2. The predicted molar refractivity (Wildman–Crippen MR) is 112 cm³/mol. The lowest BCUT2D eigenvalue weighted by molar-refractivity contribution is 0.0794. The fraction of sp³-hybridized carbons (Fsp3) is 0.650. The number of guanidine groups is 1. The number of anilines is 1. The molecule has 1 aromatic carbocycles. The molecule has 0 amide bonds. The maximum absolute atomic E-state index is 5.54. The van der Waals surface area contributed by atoms with Gasteiger partial charge < -0.3 is 20.3 Å². The van der Waals surface area contributed by atoms with Crippen LogP contribution < -0.4 is 15.5 Å². The molecule has 0 aromatic heterocycles. The Kier molecular flexibility index (Phi) is 7.08. The van der Waals surface area contributed by atoms with Crippen LogP contribution in [0.3, 0.4) is 0 Å². The summed E-state index contributed by atoms with van der Waals surface area (Å²) in [5.74, 6) is 0.951. The lowest BCUT2D eigenvalue weighted by Crippen LogP contribution is -2.46. The van der Waals surface area contributed by atoms with Crippen molar-refractivity contribution in [1.82, 2.24) is 10.6 Å². The van der Waals surface area contributed by atoms with Crippen molar-refractivity contribution < 1.29 is 4.74 Å². The Labute approximate surface area is 162 Å². The van der Waals surface area contributed by atoms with E-state index in [0.717, 1.165) is 64.6 Å². The molecule has 3 rings (SSSR count). The second-order valence-electron chi connectivity index (χ2n) is 7.11. The van der Waals surface area contributed by atoms with Gasteiger partial charge in [0.15, 0.2) is 5.96 Å². The van der Waals surface area contributed by atoms with E-state index in [1.807, 2.05) is 11.8 Å². The van der Waals surface area contributed by atoms with E-state index in [0.29, 0.717) is 6.04 Å². The third-order valence-corrected chi connectivity index (χ3v) is 6.76. The summed E-state index contributed by atoms with van der Waals surface area (Å²) in [6.07, 6.45) is 5.52. The van der Waals surface area contributed by atoms with Crippen molar-refractivity contribution in [2.24, 2.45) is 4.99 Å². The van der Waals surface area contributed by atoms with E-state index in [2.05, 4.69) is 59.0 Å². The van der Waals surface area contributed by atoms with E-state index in [-0.39, 0.29) is 4.75 Å². The minimum atomic E-state index is 0.229. The van der Waals surface area contributed by atoms with Gasteiger partial charge >= 0.3 is 0 Å². The van der Waals surface area contributed by atoms with Crippen LogP contribution >= 0.6 is 11.8 Å². The second kappa shape index (κ2) is 9.51. The van der Waals surface area contributed by atoms with E-state index in [1.165, 1.54) is 5.69 Å². The zero-order valence-electron chi connectivity index (χ0n) is 16.0. The van der Waals surface area contributed by atoms with Crippen molar-refractivity contribution in [3.05, 3.63) is 30.3 Å². The van der Waals surface area contributed by atoms with Gasteiger partial charge in [0.2, 0.25) is 0 Å². The first-order valence-electron chi connectivity index (χ1n) is 9.72. The van der Waals surface area contributed by atoms with Crippen LogP contribution in [0, 0.1) is 0 Å². The number of rotatable bonds is 6. The van der Waals surface area contributed by atoms with Gasteiger partial charge in [0.05, 0.1) is 6.54 Å². The SMILES string of the molecule is CCNC(=NCC1(SC)CCOCC1)NC1CCN(c2ccccc2)C1. The zero-order chi connectivity index (χ0) is 18.2. The topological polar surface area (TPSA) is 48.9 Å². The smallest absolute Gasteiger partial charge is 0.191 e. The van der Waals surface area contributed by atoms with Crippen molar-refractivity contribution in [3.63, 3.8) is 0 Å². The van der Waals surface area contributed by atoms with Crippen molar-refractivity contribution in [3.8, 4) is 0 Å². The van der Waals surface area contributed by atoms with Crippen LogP contribution in [-0.2, 0) is 4.74 Å². The summed E-state index contributed by atoms with van der Waals surface area (Å²) in [7, 11) is 0. The number of hydrogen-bond acceptors (Lipinski definition) is 4. The molecular weight excluding hydrogens is 344 g/mol. The van der Waals surface area contributed by atoms with Crippen LogP contribution in [-0.4, -0.2) is 62.4 Å². The zero-order valence-corrected chi connectivity index (χ0v) is 16.9. The molecule has 26 heavy (non-hydrogen) atoms. The molecule has 0 aliphatic carbocycles. The highest BCUT2D eigenvalue weighted by molar-refractivity contribution is 8.00. The van der Waals surface area contributed by atoms with Crippen molar-refractivity contribution in [2.75, 3.05) is 50.5 Å². The summed E-state index contributed by atoms with van der Waals surface area (Å²) in [6, 6.07) is 11.1. The van der Waals surface area contributed by atoms with Crippen LogP contribution in [0.15, 0.2) is 35.3 Å². The second-order valence-corrected chi connectivity index (χ2v) is 8.38.